The highest BCUT2D eigenvalue weighted by Crippen LogP contribution is 2.13. The summed E-state index contributed by atoms with van der Waals surface area (Å²) in [6.45, 7) is 1.35. The molecule has 1 aromatic heterocycles. The van der Waals surface area contributed by atoms with Crippen LogP contribution in [0.4, 0.5) is 0 Å². The molecule has 7 heteroatoms. The van der Waals surface area contributed by atoms with Crippen molar-refractivity contribution in [2.75, 3.05) is 0 Å². The van der Waals surface area contributed by atoms with Crippen LogP contribution in [-0.2, 0) is 9.59 Å². The summed E-state index contributed by atoms with van der Waals surface area (Å²) in [7, 11) is 0. The van der Waals surface area contributed by atoms with Crippen LogP contribution in [0.5, 0.6) is 0 Å². The molecule has 1 atom stereocenters. The van der Waals surface area contributed by atoms with Gasteiger partial charge in [-0.15, -0.1) is 11.3 Å². The van der Waals surface area contributed by atoms with Crippen LogP contribution >= 0.6 is 11.3 Å². The quantitative estimate of drug-likeness (QED) is 0.699. The first-order chi connectivity index (χ1) is 11.5. The van der Waals surface area contributed by atoms with Crippen molar-refractivity contribution in [2.24, 2.45) is 0 Å². The molecule has 6 nitrogen and oxygen atoms in total. The number of carbonyl (C=O) groups excluding carboxylic acids is 2. The van der Waals surface area contributed by atoms with Crippen molar-refractivity contribution in [3.8, 4) is 0 Å². The van der Waals surface area contributed by atoms with Crippen LogP contribution in [0.1, 0.15) is 22.2 Å². The molecule has 0 fully saturated rings. The van der Waals surface area contributed by atoms with E-state index >= 15 is 0 Å². The fraction of sp³-hybridized carbons (Fsp3) is 0.118. The number of carbonyl (C=O) groups is 3. The molecule has 2 rings (SSSR count). The highest BCUT2D eigenvalue weighted by molar-refractivity contribution is 7.10. The number of aliphatic carboxylic acids is 1. The van der Waals surface area contributed by atoms with Crippen LogP contribution in [-0.4, -0.2) is 28.9 Å². The van der Waals surface area contributed by atoms with Gasteiger partial charge in [-0.3, -0.25) is 14.4 Å². The summed E-state index contributed by atoms with van der Waals surface area (Å²) in [5, 5.41) is 15.6. The zero-order chi connectivity index (χ0) is 17.5. The summed E-state index contributed by atoms with van der Waals surface area (Å²) in [5.74, 6) is -2.27. The van der Waals surface area contributed by atoms with E-state index in [4.69, 9.17) is 5.11 Å². The van der Waals surface area contributed by atoms with E-state index < -0.39 is 23.8 Å². The average molecular weight is 344 g/mol. The molecule has 2 amide bonds. The van der Waals surface area contributed by atoms with Gasteiger partial charge in [-0.1, -0.05) is 24.3 Å². The van der Waals surface area contributed by atoms with Gasteiger partial charge < -0.3 is 15.7 Å². The molecule has 0 spiro atoms. The van der Waals surface area contributed by atoms with Crippen molar-refractivity contribution < 1.29 is 19.5 Å². The van der Waals surface area contributed by atoms with Crippen LogP contribution in [0.15, 0.2) is 53.5 Å². The van der Waals surface area contributed by atoms with Gasteiger partial charge in [-0.25, -0.2) is 0 Å². The number of amides is 2. The fourth-order valence-electron chi connectivity index (χ4n) is 1.79. The molecule has 24 heavy (non-hydrogen) atoms. The molecule has 3 N–H and O–H groups in total. The van der Waals surface area contributed by atoms with Crippen molar-refractivity contribution in [3.05, 3.63) is 64.0 Å². The number of carboxylic acids is 1. The number of benzene rings is 1. The van der Waals surface area contributed by atoms with Gasteiger partial charge in [0.1, 0.15) is 11.7 Å². The van der Waals surface area contributed by atoms with E-state index in [0.717, 1.165) is 4.88 Å². The smallest absolute Gasteiger partial charge is 0.325 e. The first-order valence-corrected chi connectivity index (χ1v) is 8.00. The molecule has 0 aliphatic heterocycles. The fourth-order valence-corrected chi connectivity index (χ4v) is 2.45. The van der Waals surface area contributed by atoms with Gasteiger partial charge in [0.15, 0.2) is 0 Å². The Balaban J connectivity index is 2.22. The monoisotopic (exact) mass is 344 g/mol. The van der Waals surface area contributed by atoms with E-state index in [0.29, 0.717) is 5.56 Å². The molecule has 0 bridgehead atoms. The summed E-state index contributed by atoms with van der Waals surface area (Å²) in [4.78, 5) is 36.2. The first kappa shape index (κ1) is 17.4. The zero-order valence-corrected chi connectivity index (χ0v) is 13.7. The minimum atomic E-state index is -1.16. The van der Waals surface area contributed by atoms with Crippen molar-refractivity contribution in [3.63, 3.8) is 0 Å². The van der Waals surface area contributed by atoms with E-state index in [1.165, 1.54) is 24.3 Å². The van der Waals surface area contributed by atoms with Gasteiger partial charge in [-0.2, -0.15) is 0 Å². The van der Waals surface area contributed by atoms with E-state index in [9.17, 15) is 14.4 Å². The maximum absolute atomic E-state index is 12.3. The molecule has 0 aliphatic rings. The summed E-state index contributed by atoms with van der Waals surface area (Å²) in [6.07, 6.45) is 1.51. The number of thiophene rings is 1. The Morgan fingerprint density at radius 3 is 2.42 bits per heavy atom. The Morgan fingerprint density at radius 1 is 1.12 bits per heavy atom. The zero-order valence-electron chi connectivity index (χ0n) is 12.9. The lowest BCUT2D eigenvalue weighted by Gasteiger charge is -2.13. The molecular weight excluding hydrogens is 328 g/mol. The van der Waals surface area contributed by atoms with Gasteiger partial charge in [0.05, 0.1) is 0 Å². The summed E-state index contributed by atoms with van der Waals surface area (Å²) in [5.41, 5.74) is 0.382. The average Bonchev–Trinajstić information content (AvgIpc) is 3.07. The predicted octanol–water partition coefficient (Wildman–Crippen LogP) is 2.11. The largest absolute Gasteiger partial charge is 0.480 e. The van der Waals surface area contributed by atoms with Crippen molar-refractivity contribution in [1.82, 2.24) is 10.6 Å². The third-order valence-corrected chi connectivity index (χ3v) is 3.90. The SMILES string of the molecule is CC(NC(=O)C(=Cc1cccs1)NC(=O)c1ccccc1)C(=O)O. The van der Waals surface area contributed by atoms with Crippen molar-refractivity contribution >= 4 is 35.2 Å². The molecule has 1 heterocycles. The highest BCUT2D eigenvalue weighted by Gasteiger charge is 2.19. The van der Waals surface area contributed by atoms with Gasteiger partial charge in [0.2, 0.25) is 0 Å². The Morgan fingerprint density at radius 2 is 1.83 bits per heavy atom. The third kappa shape index (κ3) is 4.79. The minimum Gasteiger partial charge on any atom is -0.480 e. The molecule has 2 aromatic rings. The predicted molar refractivity (Wildman–Crippen MR) is 91.4 cm³/mol. The Kier molecular flexibility index (Phi) is 5.86. The lowest BCUT2D eigenvalue weighted by atomic mass is 10.2. The maximum atomic E-state index is 12.3. The molecule has 0 radical (unpaired) electrons. The van der Waals surface area contributed by atoms with E-state index in [1.54, 1.807) is 36.4 Å². The number of carboxylic acid groups (broad SMARTS) is 1. The normalized spacial score (nSPS) is 12.3. The third-order valence-electron chi connectivity index (χ3n) is 3.08. The molecule has 1 unspecified atom stereocenters. The molecule has 124 valence electrons. The lowest BCUT2D eigenvalue weighted by molar-refractivity contribution is -0.140. The second-order valence-corrected chi connectivity index (χ2v) is 5.91. The maximum Gasteiger partial charge on any atom is 0.325 e. The Bertz CT molecular complexity index is 754. The second kappa shape index (κ2) is 8.07. The van der Waals surface area contributed by atoms with Crippen LogP contribution in [0, 0.1) is 0 Å². The molecule has 0 aliphatic carbocycles. The van der Waals surface area contributed by atoms with Gasteiger partial charge in [0, 0.05) is 10.4 Å². The highest BCUT2D eigenvalue weighted by atomic mass is 32.1. The number of hydrogen-bond acceptors (Lipinski definition) is 4. The van der Waals surface area contributed by atoms with Crippen LogP contribution in [0.3, 0.4) is 0 Å². The van der Waals surface area contributed by atoms with Crippen LogP contribution in [0.2, 0.25) is 0 Å². The van der Waals surface area contributed by atoms with E-state index in [-0.39, 0.29) is 5.70 Å². The second-order valence-electron chi connectivity index (χ2n) is 4.93. The number of rotatable bonds is 6. The van der Waals surface area contributed by atoms with Crippen LogP contribution < -0.4 is 10.6 Å². The first-order valence-electron chi connectivity index (χ1n) is 7.12. The minimum absolute atomic E-state index is 0.0144. The number of nitrogens with one attached hydrogen (secondary N) is 2. The summed E-state index contributed by atoms with van der Waals surface area (Å²) in [6, 6.07) is 11.0. The molecule has 0 saturated heterocycles. The van der Waals surface area contributed by atoms with E-state index in [2.05, 4.69) is 10.6 Å². The lowest BCUT2D eigenvalue weighted by Crippen LogP contribution is -2.42. The van der Waals surface area contributed by atoms with Gasteiger partial charge >= 0.3 is 5.97 Å². The van der Waals surface area contributed by atoms with Gasteiger partial charge in [-0.05, 0) is 36.6 Å². The van der Waals surface area contributed by atoms with E-state index in [1.807, 2.05) is 11.4 Å². The van der Waals surface area contributed by atoms with Gasteiger partial charge in [0.25, 0.3) is 11.8 Å². The van der Waals surface area contributed by atoms with Crippen molar-refractivity contribution in [1.29, 1.82) is 0 Å². The topological polar surface area (TPSA) is 95.5 Å². The Hall–Kier alpha value is -2.93. The Labute approximate surface area is 142 Å². The molecular formula is C17H16N2O4S. The summed E-state index contributed by atoms with van der Waals surface area (Å²) >= 11 is 1.39. The molecule has 1 aromatic carbocycles. The summed E-state index contributed by atoms with van der Waals surface area (Å²) < 4.78 is 0. The standard InChI is InChI=1S/C17H16N2O4S/c1-11(17(22)23)18-16(21)14(10-13-8-5-9-24-13)19-15(20)12-6-3-2-4-7-12/h2-11H,1H3,(H,18,21)(H,19,20)(H,22,23). The van der Waals surface area contributed by atoms with Crippen LogP contribution in [0.25, 0.3) is 6.08 Å². The number of hydrogen-bond donors (Lipinski definition) is 3. The molecule has 0 saturated carbocycles. The van der Waals surface area contributed by atoms with Crippen molar-refractivity contribution in [2.45, 2.75) is 13.0 Å².